The molecular weight excluding hydrogens is 338 g/mol. The normalized spacial score (nSPS) is 19.4. The number of hydrogen-bond donors (Lipinski definition) is 0. The molecule has 25 heavy (non-hydrogen) atoms. The fourth-order valence-corrected chi connectivity index (χ4v) is 5.18. The maximum absolute atomic E-state index is 12.9. The molecule has 1 saturated heterocycles. The summed E-state index contributed by atoms with van der Waals surface area (Å²) in [4.78, 5) is 19.0. The minimum Gasteiger partial charge on any atom is -0.337 e. The molecule has 2 aromatic rings. The highest BCUT2D eigenvalue weighted by molar-refractivity contribution is 7.91. The van der Waals surface area contributed by atoms with Gasteiger partial charge in [-0.1, -0.05) is 6.92 Å². The van der Waals surface area contributed by atoms with Gasteiger partial charge in [-0.15, -0.1) is 0 Å². The molecule has 0 aliphatic carbocycles. The van der Waals surface area contributed by atoms with Gasteiger partial charge in [-0.25, -0.2) is 13.4 Å². The molecule has 1 aliphatic heterocycles. The van der Waals surface area contributed by atoms with Crippen molar-refractivity contribution in [1.29, 1.82) is 0 Å². The number of amides is 1. The number of fused-ring (bicyclic) bond motifs is 1. The molecule has 6 nitrogen and oxygen atoms in total. The number of carbonyl (C=O) groups excluding carboxylic acids is 1. The minimum atomic E-state index is -3.01. The van der Waals surface area contributed by atoms with E-state index in [9.17, 15) is 13.2 Å². The number of aromatic nitrogens is 2. The molecular formula is C18H25N3O3S. The summed E-state index contributed by atoms with van der Waals surface area (Å²) in [5.41, 5.74) is 4.15. The Balaban J connectivity index is 1.83. The first-order valence-corrected chi connectivity index (χ1v) is 10.5. The van der Waals surface area contributed by atoms with Crippen molar-refractivity contribution in [3.8, 4) is 0 Å². The van der Waals surface area contributed by atoms with Gasteiger partial charge in [0.2, 0.25) is 5.91 Å². The molecule has 1 unspecified atom stereocenters. The van der Waals surface area contributed by atoms with E-state index in [1.807, 2.05) is 31.4 Å². The molecule has 1 fully saturated rings. The molecule has 1 aliphatic rings. The van der Waals surface area contributed by atoms with Crippen LogP contribution in [0.4, 0.5) is 0 Å². The molecule has 2 heterocycles. The summed E-state index contributed by atoms with van der Waals surface area (Å²) in [6.45, 7) is 6.87. The number of sulfone groups is 1. The van der Waals surface area contributed by atoms with Crippen molar-refractivity contribution in [2.75, 3.05) is 18.1 Å². The summed E-state index contributed by atoms with van der Waals surface area (Å²) >= 11 is 0. The molecule has 0 spiro atoms. The number of carbonyl (C=O) groups is 1. The van der Waals surface area contributed by atoms with Crippen molar-refractivity contribution in [3.05, 3.63) is 29.6 Å². The van der Waals surface area contributed by atoms with E-state index in [2.05, 4.69) is 11.1 Å². The maximum Gasteiger partial charge on any atom is 0.242 e. The van der Waals surface area contributed by atoms with Gasteiger partial charge >= 0.3 is 0 Å². The van der Waals surface area contributed by atoms with E-state index in [-0.39, 0.29) is 30.0 Å². The van der Waals surface area contributed by atoms with Crippen molar-refractivity contribution in [2.24, 2.45) is 0 Å². The average Bonchev–Trinajstić information content (AvgIpc) is 3.09. The van der Waals surface area contributed by atoms with Crippen LogP contribution in [-0.2, 0) is 21.2 Å². The Hall–Kier alpha value is -1.89. The molecule has 1 aromatic heterocycles. The van der Waals surface area contributed by atoms with Crippen molar-refractivity contribution >= 4 is 26.8 Å². The topological polar surface area (TPSA) is 72.3 Å². The van der Waals surface area contributed by atoms with Gasteiger partial charge in [-0.3, -0.25) is 4.79 Å². The lowest BCUT2D eigenvalue weighted by Crippen LogP contribution is -2.43. The number of rotatable bonds is 5. The lowest BCUT2D eigenvalue weighted by atomic mass is 10.1. The number of benzene rings is 1. The zero-order valence-corrected chi connectivity index (χ0v) is 15.8. The Labute approximate surface area is 148 Å². The fraction of sp³-hybridized carbons (Fsp3) is 0.556. The second-order valence-corrected chi connectivity index (χ2v) is 9.17. The summed E-state index contributed by atoms with van der Waals surface area (Å²) in [5, 5.41) is 0. The van der Waals surface area contributed by atoms with Gasteiger partial charge in [0, 0.05) is 12.6 Å². The van der Waals surface area contributed by atoms with E-state index in [0.717, 1.165) is 23.0 Å². The van der Waals surface area contributed by atoms with Crippen LogP contribution in [-0.4, -0.2) is 52.9 Å². The zero-order valence-electron chi connectivity index (χ0n) is 15.0. The number of nitrogens with zero attached hydrogens (tertiary/aromatic N) is 3. The van der Waals surface area contributed by atoms with E-state index in [1.54, 1.807) is 11.2 Å². The van der Waals surface area contributed by atoms with Gasteiger partial charge in [0.1, 0.15) is 6.54 Å². The Morgan fingerprint density at radius 1 is 1.32 bits per heavy atom. The number of imidazole rings is 1. The highest BCUT2D eigenvalue weighted by atomic mass is 32.2. The molecule has 0 bridgehead atoms. The van der Waals surface area contributed by atoms with Crippen molar-refractivity contribution < 1.29 is 13.2 Å². The molecule has 0 N–H and O–H groups in total. The molecule has 7 heteroatoms. The minimum absolute atomic E-state index is 0.0403. The van der Waals surface area contributed by atoms with E-state index in [0.29, 0.717) is 13.0 Å². The van der Waals surface area contributed by atoms with Gasteiger partial charge in [-0.05, 0) is 49.9 Å². The van der Waals surface area contributed by atoms with Gasteiger partial charge in [0.05, 0.1) is 28.9 Å². The lowest BCUT2D eigenvalue weighted by molar-refractivity contribution is -0.133. The molecule has 0 saturated carbocycles. The second kappa shape index (κ2) is 6.78. The number of aryl methyl sites for hydroxylation is 2. The summed E-state index contributed by atoms with van der Waals surface area (Å²) in [6, 6.07) is 3.88. The molecule has 1 amide bonds. The highest BCUT2D eigenvalue weighted by Gasteiger charge is 2.34. The molecule has 3 rings (SSSR count). The van der Waals surface area contributed by atoms with Crippen LogP contribution in [0.2, 0.25) is 0 Å². The quantitative estimate of drug-likeness (QED) is 0.815. The second-order valence-electron chi connectivity index (χ2n) is 6.94. The maximum atomic E-state index is 12.9. The molecule has 136 valence electrons. The van der Waals surface area contributed by atoms with Crippen LogP contribution < -0.4 is 0 Å². The lowest BCUT2D eigenvalue weighted by Gasteiger charge is -2.28. The Kier molecular flexibility index (Phi) is 4.86. The fourth-order valence-electron chi connectivity index (χ4n) is 3.45. The zero-order chi connectivity index (χ0) is 18.2. The van der Waals surface area contributed by atoms with Crippen molar-refractivity contribution in [1.82, 2.24) is 14.5 Å². The Morgan fingerprint density at radius 2 is 2.04 bits per heavy atom. The molecule has 1 atom stereocenters. The largest absolute Gasteiger partial charge is 0.337 e. The van der Waals surface area contributed by atoms with E-state index in [1.165, 1.54) is 5.56 Å². The van der Waals surface area contributed by atoms with Crippen LogP contribution in [0.1, 0.15) is 30.9 Å². The van der Waals surface area contributed by atoms with Gasteiger partial charge in [-0.2, -0.15) is 0 Å². The summed E-state index contributed by atoms with van der Waals surface area (Å²) in [5.74, 6) is 0.223. The smallest absolute Gasteiger partial charge is 0.242 e. The number of hydrogen-bond acceptors (Lipinski definition) is 4. The van der Waals surface area contributed by atoms with Crippen LogP contribution in [0.25, 0.3) is 11.0 Å². The summed E-state index contributed by atoms with van der Waals surface area (Å²) < 4.78 is 25.4. The summed E-state index contributed by atoms with van der Waals surface area (Å²) in [6.07, 6.45) is 3.04. The van der Waals surface area contributed by atoms with Gasteiger partial charge in [0.25, 0.3) is 0 Å². The monoisotopic (exact) mass is 363 g/mol. The van der Waals surface area contributed by atoms with Crippen LogP contribution >= 0.6 is 0 Å². The van der Waals surface area contributed by atoms with Gasteiger partial charge in [0.15, 0.2) is 9.84 Å². The molecule has 1 aromatic carbocycles. The predicted molar refractivity (Wildman–Crippen MR) is 98.3 cm³/mol. The summed E-state index contributed by atoms with van der Waals surface area (Å²) in [7, 11) is -3.01. The third-order valence-electron chi connectivity index (χ3n) is 4.98. The standard InChI is InChI=1S/C18H25N3O3S/c1-4-6-21(15-5-7-25(23,24)11-15)18(22)10-20-12-19-16-8-13(2)14(3)9-17(16)20/h8-9,12,15H,4-7,10-11H2,1-3H3. The Bertz CT molecular complexity index is 902. The SMILES string of the molecule is CCCN(C(=O)Cn1cnc2cc(C)c(C)cc21)C1CCS(=O)(=O)C1. The van der Waals surface area contributed by atoms with Crippen LogP contribution in [0.15, 0.2) is 18.5 Å². The van der Waals surface area contributed by atoms with Gasteiger partial charge < -0.3 is 9.47 Å². The van der Waals surface area contributed by atoms with Crippen molar-refractivity contribution in [3.63, 3.8) is 0 Å². The first-order valence-electron chi connectivity index (χ1n) is 8.72. The van der Waals surface area contributed by atoms with E-state index < -0.39 is 9.84 Å². The van der Waals surface area contributed by atoms with E-state index in [4.69, 9.17) is 0 Å². The third-order valence-corrected chi connectivity index (χ3v) is 6.73. The average molecular weight is 363 g/mol. The molecule has 0 radical (unpaired) electrons. The van der Waals surface area contributed by atoms with Crippen molar-refractivity contribution in [2.45, 2.75) is 46.2 Å². The predicted octanol–water partition coefficient (Wildman–Crippen LogP) is 2.08. The first kappa shape index (κ1) is 17.9. The first-order chi connectivity index (χ1) is 11.8. The Morgan fingerprint density at radius 3 is 2.68 bits per heavy atom. The van der Waals surface area contributed by atoms with Crippen LogP contribution in [0, 0.1) is 13.8 Å². The highest BCUT2D eigenvalue weighted by Crippen LogP contribution is 2.21. The third kappa shape index (κ3) is 3.71. The van der Waals surface area contributed by atoms with Crippen LogP contribution in [0.5, 0.6) is 0 Å². The van der Waals surface area contributed by atoms with Crippen LogP contribution in [0.3, 0.4) is 0 Å². The van der Waals surface area contributed by atoms with E-state index >= 15 is 0 Å².